The summed E-state index contributed by atoms with van der Waals surface area (Å²) in [4.78, 5) is 12.2. The zero-order valence-corrected chi connectivity index (χ0v) is 18.7. The Morgan fingerprint density at radius 2 is 1.59 bits per heavy atom. The number of ether oxygens (including phenoxy) is 1. The predicted octanol–water partition coefficient (Wildman–Crippen LogP) is 3.68. The molecule has 0 fully saturated rings. The molecule has 0 heterocycles. The molecule has 8 heteroatoms. The first-order valence-corrected chi connectivity index (χ1v) is 11.6. The molecule has 0 bridgehead atoms. The van der Waals surface area contributed by atoms with Crippen LogP contribution in [0.3, 0.4) is 0 Å². The molecule has 0 saturated heterocycles. The number of nitrogens with one attached hydrogen (secondary N) is 2. The topological polar surface area (TPSA) is 105 Å². The zero-order chi connectivity index (χ0) is 23.1. The van der Waals surface area contributed by atoms with Gasteiger partial charge in [0, 0.05) is 0 Å². The molecule has 2 unspecified atom stereocenters. The third-order valence-corrected chi connectivity index (χ3v) is 6.21. The Balaban J connectivity index is 1.54. The van der Waals surface area contributed by atoms with Crippen LogP contribution in [0.25, 0.3) is 0 Å². The van der Waals surface area contributed by atoms with Gasteiger partial charge in [0.15, 0.2) is 0 Å². The number of aliphatic hydroxyl groups is 1. The maximum Gasteiger partial charge on any atom is 0.329 e. The molecule has 0 aliphatic heterocycles. The Morgan fingerprint density at radius 1 is 0.969 bits per heavy atom. The first kappa shape index (κ1) is 23.3. The number of rotatable bonds is 8. The molecular weight excluding hydrogens is 428 g/mol. The van der Waals surface area contributed by atoms with E-state index in [2.05, 4.69) is 5.32 Å². The lowest BCUT2D eigenvalue weighted by Crippen LogP contribution is -2.45. The van der Waals surface area contributed by atoms with Crippen molar-refractivity contribution in [2.45, 2.75) is 37.5 Å². The van der Waals surface area contributed by atoms with Gasteiger partial charge in [-0.3, -0.25) is 0 Å². The van der Waals surface area contributed by atoms with Crippen LogP contribution in [0.5, 0.6) is 5.75 Å². The Kier molecular flexibility index (Phi) is 7.50. The molecule has 0 aliphatic rings. The van der Waals surface area contributed by atoms with Crippen molar-refractivity contribution in [1.29, 1.82) is 0 Å². The monoisotopic (exact) mass is 454 g/mol. The molecule has 7 nitrogen and oxygen atoms in total. The van der Waals surface area contributed by atoms with Crippen LogP contribution >= 0.6 is 0 Å². The fourth-order valence-corrected chi connectivity index (χ4v) is 3.92. The van der Waals surface area contributed by atoms with E-state index in [9.17, 15) is 18.3 Å². The standard InChI is InChI=1S/C24H26N2O5S/c1-17-8-14-22(15-9-17)32(29,30)26-24(28)25-18(2)23(27)20-10-12-21(13-11-20)31-16-19-6-4-3-5-7-19/h3-15,18,23,27H,16H2,1-2H3,(H2,25,26,28). The minimum atomic E-state index is -4.01. The van der Waals surface area contributed by atoms with Crippen LogP contribution in [-0.2, 0) is 16.6 Å². The zero-order valence-electron chi connectivity index (χ0n) is 17.9. The second-order valence-electron chi connectivity index (χ2n) is 7.47. The largest absolute Gasteiger partial charge is 0.489 e. The van der Waals surface area contributed by atoms with Crippen LogP contribution in [0.4, 0.5) is 4.79 Å². The molecule has 0 spiro atoms. The van der Waals surface area contributed by atoms with E-state index in [1.165, 1.54) is 12.1 Å². The van der Waals surface area contributed by atoms with Gasteiger partial charge in [0.1, 0.15) is 12.4 Å². The summed E-state index contributed by atoms with van der Waals surface area (Å²) in [6, 6.07) is 21.1. The minimum Gasteiger partial charge on any atom is -0.489 e. The highest BCUT2D eigenvalue weighted by molar-refractivity contribution is 7.90. The van der Waals surface area contributed by atoms with Crippen LogP contribution in [0, 0.1) is 6.92 Å². The van der Waals surface area contributed by atoms with E-state index in [1.807, 2.05) is 42.0 Å². The molecular formula is C24H26N2O5S. The van der Waals surface area contributed by atoms with Gasteiger partial charge >= 0.3 is 6.03 Å². The van der Waals surface area contributed by atoms with Crippen molar-refractivity contribution in [3.63, 3.8) is 0 Å². The number of sulfonamides is 1. The average molecular weight is 455 g/mol. The van der Waals surface area contributed by atoms with Crippen LogP contribution in [0.1, 0.15) is 29.7 Å². The van der Waals surface area contributed by atoms with Crippen molar-refractivity contribution < 1.29 is 23.1 Å². The minimum absolute atomic E-state index is 0.0162. The third kappa shape index (κ3) is 6.32. The molecule has 0 aliphatic carbocycles. The van der Waals surface area contributed by atoms with Gasteiger partial charge in [0.2, 0.25) is 0 Å². The van der Waals surface area contributed by atoms with Crippen molar-refractivity contribution in [1.82, 2.24) is 10.0 Å². The van der Waals surface area contributed by atoms with Gasteiger partial charge in [0.05, 0.1) is 17.0 Å². The molecule has 2 atom stereocenters. The first-order chi connectivity index (χ1) is 15.2. The van der Waals surface area contributed by atoms with E-state index in [-0.39, 0.29) is 4.90 Å². The first-order valence-electron chi connectivity index (χ1n) is 10.1. The Bertz CT molecular complexity index is 1130. The third-order valence-electron chi connectivity index (χ3n) is 4.86. The number of carbonyl (C=O) groups is 1. The molecule has 0 aromatic heterocycles. The van der Waals surface area contributed by atoms with Crippen LogP contribution in [0.2, 0.25) is 0 Å². The van der Waals surface area contributed by atoms with Gasteiger partial charge in [0.25, 0.3) is 10.0 Å². The second-order valence-corrected chi connectivity index (χ2v) is 9.15. The number of amides is 2. The van der Waals surface area contributed by atoms with Gasteiger partial charge in [-0.25, -0.2) is 17.9 Å². The number of urea groups is 1. The normalized spacial score (nSPS) is 13.1. The fraction of sp³-hybridized carbons (Fsp3) is 0.208. The number of carbonyl (C=O) groups excluding carboxylic acids is 1. The van der Waals surface area contributed by atoms with E-state index in [0.717, 1.165) is 11.1 Å². The highest BCUT2D eigenvalue weighted by Gasteiger charge is 2.22. The second kappa shape index (κ2) is 10.3. The maximum absolute atomic E-state index is 12.3. The molecule has 3 aromatic rings. The molecule has 168 valence electrons. The number of aryl methyl sites for hydroxylation is 1. The Labute approximate surface area is 188 Å². The predicted molar refractivity (Wildman–Crippen MR) is 122 cm³/mol. The van der Waals surface area contributed by atoms with Crippen molar-refractivity contribution in [3.8, 4) is 5.75 Å². The summed E-state index contributed by atoms with van der Waals surface area (Å²) in [5.74, 6) is 0.646. The molecule has 32 heavy (non-hydrogen) atoms. The van der Waals surface area contributed by atoms with Crippen molar-refractivity contribution in [2.75, 3.05) is 0 Å². The lowest BCUT2D eigenvalue weighted by Gasteiger charge is -2.21. The van der Waals surface area contributed by atoms with Gasteiger partial charge in [-0.05, 0) is 49.2 Å². The number of aliphatic hydroxyl groups excluding tert-OH is 1. The average Bonchev–Trinajstić information content (AvgIpc) is 2.78. The fourth-order valence-electron chi connectivity index (χ4n) is 3.00. The van der Waals surface area contributed by atoms with Gasteiger partial charge in [-0.15, -0.1) is 0 Å². The molecule has 3 rings (SSSR count). The van der Waals surface area contributed by atoms with E-state index < -0.39 is 28.2 Å². The lowest BCUT2D eigenvalue weighted by atomic mass is 10.0. The van der Waals surface area contributed by atoms with Crippen LogP contribution < -0.4 is 14.8 Å². The van der Waals surface area contributed by atoms with Gasteiger partial charge in [-0.2, -0.15) is 0 Å². The summed E-state index contributed by atoms with van der Waals surface area (Å²) in [6.45, 7) is 3.85. The van der Waals surface area contributed by atoms with Gasteiger partial charge in [-0.1, -0.05) is 60.2 Å². The number of benzene rings is 3. The highest BCUT2D eigenvalue weighted by Crippen LogP contribution is 2.21. The van der Waals surface area contributed by atoms with E-state index in [4.69, 9.17) is 4.74 Å². The lowest BCUT2D eigenvalue weighted by molar-refractivity contribution is 0.138. The summed E-state index contributed by atoms with van der Waals surface area (Å²) >= 11 is 0. The number of hydrogen-bond donors (Lipinski definition) is 3. The summed E-state index contributed by atoms with van der Waals surface area (Å²) < 4.78 is 32.3. The van der Waals surface area contributed by atoms with Crippen LogP contribution in [-0.4, -0.2) is 25.6 Å². The molecule has 3 aromatic carbocycles. The molecule has 0 saturated carbocycles. The Hall–Kier alpha value is -3.36. The van der Waals surface area contributed by atoms with Gasteiger partial charge < -0.3 is 15.2 Å². The molecule has 0 radical (unpaired) electrons. The summed E-state index contributed by atoms with van der Waals surface area (Å²) in [7, 11) is -4.01. The Morgan fingerprint density at radius 3 is 2.22 bits per heavy atom. The van der Waals surface area contributed by atoms with Crippen molar-refractivity contribution >= 4 is 16.1 Å². The van der Waals surface area contributed by atoms with Crippen molar-refractivity contribution in [2.24, 2.45) is 0 Å². The molecule has 2 amide bonds. The summed E-state index contributed by atoms with van der Waals surface area (Å²) in [6.07, 6.45) is -1.04. The summed E-state index contributed by atoms with van der Waals surface area (Å²) in [5, 5.41) is 13.0. The van der Waals surface area contributed by atoms with Crippen LogP contribution in [0.15, 0.2) is 83.8 Å². The molecule has 3 N–H and O–H groups in total. The van der Waals surface area contributed by atoms with E-state index in [1.54, 1.807) is 43.3 Å². The quantitative estimate of drug-likeness (QED) is 0.482. The smallest absolute Gasteiger partial charge is 0.329 e. The van der Waals surface area contributed by atoms with E-state index >= 15 is 0 Å². The summed E-state index contributed by atoms with van der Waals surface area (Å²) in [5.41, 5.74) is 2.51. The maximum atomic E-state index is 12.3. The SMILES string of the molecule is Cc1ccc(S(=O)(=O)NC(=O)NC(C)C(O)c2ccc(OCc3ccccc3)cc2)cc1. The van der Waals surface area contributed by atoms with E-state index in [0.29, 0.717) is 17.9 Å². The number of hydrogen-bond acceptors (Lipinski definition) is 5. The highest BCUT2D eigenvalue weighted by atomic mass is 32.2. The van der Waals surface area contributed by atoms with Crippen molar-refractivity contribution in [3.05, 3.63) is 95.6 Å².